The van der Waals surface area contributed by atoms with E-state index in [1.165, 1.54) is 0 Å². The van der Waals surface area contributed by atoms with E-state index in [-0.39, 0.29) is 11.2 Å². The van der Waals surface area contributed by atoms with Gasteiger partial charge in [0.05, 0.1) is 23.1 Å². The van der Waals surface area contributed by atoms with Crippen molar-refractivity contribution in [3.05, 3.63) is 29.9 Å². The summed E-state index contributed by atoms with van der Waals surface area (Å²) in [4.78, 5) is 14.9. The van der Waals surface area contributed by atoms with Crippen molar-refractivity contribution in [2.45, 2.75) is 19.6 Å². The summed E-state index contributed by atoms with van der Waals surface area (Å²) >= 11 is 9.72. The summed E-state index contributed by atoms with van der Waals surface area (Å²) in [6.45, 7) is 1.93. The molecule has 0 aliphatic carbocycles. The van der Waals surface area contributed by atoms with E-state index in [1.54, 1.807) is 17.6 Å². The number of aliphatic hydroxyl groups excluding tert-OH is 1. The van der Waals surface area contributed by atoms with Crippen molar-refractivity contribution in [3.8, 4) is 0 Å². The van der Waals surface area contributed by atoms with Gasteiger partial charge in [-0.15, -0.1) is 0 Å². The number of hydrogen-bond acceptors (Lipinski definition) is 4. The molecule has 0 spiro atoms. The minimum absolute atomic E-state index is 0.102. The van der Waals surface area contributed by atoms with Crippen LogP contribution in [-0.4, -0.2) is 25.7 Å². The van der Waals surface area contributed by atoms with E-state index >= 15 is 0 Å². The van der Waals surface area contributed by atoms with Gasteiger partial charge in [-0.3, -0.25) is 10.1 Å². The van der Waals surface area contributed by atoms with Crippen LogP contribution < -0.4 is 0 Å². The number of rotatable bonds is 3. The molecule has 1 aromatic heterocycles. The van der Waals surface area contributed by atoms with Gasteiger partial charge in [0.25, 0.3) is 0 Å². The lowest BCUT2D eigenvalue weighted by molar-refractivity contribution is -0.384. The van der Waals surface area contributed by atoms with Crippen molar-refractivity contribution in [3.63, 3.8) is 0 Å². The largest absolute Gasteiger partial charge is 0.392 e. The van der Waals surface area contributed by atoms with Gasteiger partial charge in [0.2, 0.25) is 0 Å². The SMILES string of the molecule is CC(O)Cn1c(Br)nc2c([N+](=O)[O-])c(Br)c(Br)cc21. The van der Waals surface area contributed by atoms with Gasteiger partial charge < -0.3 is 9.67 Å². The second-order valence-corrected chi connectivity index (χ2v) is 6.34. The van der Waals surface area contributed by atoms with Gasteiger partial charge in [0, 0.05) is 4.47 Å². The summed E-state index contributed by atoms with van der Waals surface area (Å²) < 4.78 is 3.03. The zero-order valence-corrected chi connectivity index (χ0v) is 14.4. The fraction of sp³-hybridized carbons (Fsp3) is 0.300. The van der Waals surface area contributed by atoms with Crippen LogP contribution in [0.3, 0.4) is 0 Å². The van der Waals surface area contributed by atoms with Crippen LogP contribution in [0.5, 0.6) is 0 Å². The number of imidazole rings is 1. The molecule has 0 bridgehead atoms. The first kappa shape index (κ1) is 14.9. The van der Waals surface area contributed by atoms with Crippen molar-refractivity contribution < 1.29 is 10.0 Å². The molecular weight excluding hydrogens is 450 g/mol. The Morgan fingerprint density at radius 3 is 2.68 bits per heavy atom. The van der Waals surface area contributed by atoms with Crippen LogP contribution in [0, 0.1) is 10.1 Å². The molecule has 9 heteroatoms. The molecule has 2 rings (SSSR count). The lowest BCUT2D eigenvalue weighted by Crippen LogP contribution is -2.11. The number of halogens is 3. The van der Waals surface area contributed by atoms with Crippen LogP contribution in [0.1, 0.15) is 6.92 Å². The predicted molar refractivity (Wildman–Crippen MR) is 81.2 cm³/mol. The second-order valence-electron chi connectivity index (χ2n) is 3.99. The highest BCUT2D eigenvalue weighted by Crippen LogP contribution is 2.39. The fourth-order valence-electron chi connectivity index (χ4n) is 1.76. The van der Waals surface area contributed by atoms with Gasteiger partial charge in [0.1, 0.15) is 4.47 Å². The lowest BCUT2D eigenvalue weighted by Gasteiger charge is -2.08. The van der Waals surface area contributed by atoms with Gasteiger partial charge in [-0.25, -0.2) is 4.98 Å². The highest BCUT2D eigenvalue weighted by molar-refractivity contribution is 9.13. The smallest absolute Gasteiger partial charge is 0.312 e. The Balaban J connectivity index is 2.82. The summed E-state index contributed by atoms with van der Waals surface area (Å²) in [5.74, 6) is 0. The van der Waals surface area contributed by atoms with Crippen LogP contribution >= 0.6 is 47.8 Å². The van der Waals surface area contributed by atoms with Gasteiger partial charge in [-0.2, -0.15) is 0 Å². The Hall–Kier alpha value is -0.510. The Labute approximate surface area is 133 Å². The minimum atomic E-state index is -0.588. The Bertz CT molecular complexity index is 669. The molecule has 0 aliphatic heterocycles. The number of nitro benzene ring substituents is 1. The predicted octanol–water partition coefficient (Wildman–Crippen LogP) is 3.61. The first-order valence-electron chi connectivity index (χ1n) is 5.19. The normalized spacial score (nSPS) is 12.9. The lowest BCUT2D eigenvalue weighted by atomic mass is 10.2. The number of benzene rings is 1. The molecule has 0 amide bonds. The second kappa shape index (κ2) is 5.47. The topological polar surface area (TPSA) is 81.2 Å². The molecule has 1 N–H and O–H groups in total. The summed E-state index contributed by atoms with van der Waals surface area (Å²) in [5, 5.41) is 20.7. The molecule has 102 valence electrons. The van der Waals surface area contributed by atoms with E-state index in [9.17, 15) is 15.2 Å². The molecule has 1 aromatic carbocycles. The van der Waals surface area contributed by atoms with Crippen molar-refractivity contribution in [2.75, 3.05) is 0 Å². The van der Waals surface area contributed by atoms with E-state index in [0.29, 0.717) is 25.7 Å². The third kappa shape index (κ3) is 2.69. The fourth-order valence-corrected chi connectivity index (χ4v) is 3.13. The monoisotopic (exact) mass is 455 g/mol. The zero-order valence-electron chi connectivity index (χ0n) is 9.60. The third-order valence-electron chi connectivity index (χ3n) is 2.49. The summed E-state index contributed by atoms with van der Waals surface area (Å²) in [6, 6.07) is 1.73. The highest BCUT2D eigenvalue weighted by Gasteiger charge is 2.25. The molecule has 1 unspecified atom stereocenters. The maximum atomic E-state index is 11.2. The molecule has 1 atom stereocenters. The van der Waals surface area contributed by atoms with Crippen LogP contribution in [0.15, 0.2) is 19.7 Å². The maximum absolute atomic E-state index is 11.2. The molecular formula is C10H8Br3N3O3. The van der Waals surface area contributed by atoms with Gasteiger partial charge in [-0.1, -0.05) is 0 Å². The Kier molecular flexibility index (Phi) is 4.29. The molecule has 0 radical (unpaired) electrons. The number of nitro groups is 1. The quantitative estimate of drug-likeness (QED) is 0.564. The van der Waals surface area contributed by atoms with Gasteiger partial charge in [-0.05, 0) is 60.8 Å². The van der Waals surface area contributed by atoms with E-state index in [1.807, 2.05) is 0 Å². The third-order valence-corrected chi connectivity index (χ3v) is 5.06. The van der Waals surface area contributed by atoms with E-state index in [2.05, 4.69) is 52.8 Å². The van der Waals surface area contributed by atoms with Crippen LogP contribution in [0.2, 0.25) is 0 Å². The van der Waals surface area contributed by atoms with Gasteiger partial charge >= 0.3 is 5.69 Å². The maximum Gasteiger partial charge on any atom is 0.312 e. The summed E-state index contributed by atoms with van der Waals surface area (Å²) in [6.07, 6.45) is -0.588. The van der Waals surface area contributed by atoms with Crippen LogP contribution in [0.4, 0.5) is 5.69 Å². The molecule has 0 saturated carbocycles. The molecule has 0 aliphatic rings. The average molecular weight is 458 g/mol. The number of fused-ring (bicyclic) bond motifs is 1. The Morgan fingerprint density at radius 1 is 1.53 bits per heavy atom. The summed E-state index contributed by atoms with van der Waals surface area (Å²) in [5.41, 5.74) is 0.747. The van der Waals surface area contributed by atoms with E-state index in [4.69, 9.17) is 0 Å². The van der Waals surface area contributed by atoms with Crippen molar-refractivity contribution in [1.29, 1.82) is 0 Å². The summed E-state index contributed by atoms with van der Waals surface area (Å²) in [7, 11) is 0. The first-order chi connectivity index (χ1) is 8.82. The van der Waals surface area contributed by atoms with Crippen molar-refractivity contribution in [2.24, 2.45) is 0 Å². The molecule has 0 fully saturated rings. The van der Waals surface area contributed by atoms with E-state index in [0.717, 1.165) is 0 Å². The van der Waals surface area contributed by atoms with Gasteiger partial charge in [0.15, 0.2) is 10.3 Å². The Morgan fingerprint density at radius 2 is 2.16 bits per heavy atom. The first-order valence-corrected chi connectivity index (χ1v) is 7.57. The van der Waals surface area contributed by atoms with Crippen LogP contribution in [-0.2, 0) is 6.54 Å². The molecule has 2 aromatic rings. The molecule has 19 heavy (non-hydrogen) atoms. The zero-order chi connectivity index (χ0) is 14.3. The van der Waals surface area contributed by atoms with Crippen molar-refractivity contribution >= 4 is 64.5 Å². The number of nitrogens with zero attached hydrogens (tertiary/aromatic N) is 3. The molecule has 6 nitrogen and oxygen atoms in total. The van der Waals surface area contributed by atoms with E-state index < -0.39 is 11.0 Å². The minimum Gasteiger partial charge on any atom is -0.392 e. The highest BCUT2D eigenvalue weighted by atomic mass is 79.9. The molecule has 1 heterocycles. The van der Waals surface area contributed by atoms with Crippen molar-refractivity contribution in [1.82, 2.24) is 9.55 Å². The number of hydrogen-bond donors (Lipinski definition) is 1. The number of aromatic nitrogens is 2. The van der Waals surface area contributed by atoms with Crippen LogP contribution in [0.25, 0.3) is 11.0 Å². The molecule has 0 saturated heterocycles. The number of aliphatic hydroxyl groups is 1. The average Bonchev–Trinajstić information content (AvgIpc) is 2.56. The standard InChI is InChI=1S/C10H8Br3N3O3/c1-4(17)3-15-6-2-5(11)7(12)9(16(18)19)8(6)14-10(15)13/h2,4,17H,3H2,1H3.